The molecular weight excluding hydrogens is 376 g/mol. The van der Waals surface area contributed by atoms with Crippen molar-refractivity contribution in [2.75, 3.05) is 13.2 Å². The van der Waals surface area contributed by atoms with Crippen LogP contribution in [0.15, 0.2) is 58.4 Å². The molecule has 2 aromatic rings. The number of benzene rings is 2. The van der Waals surface area contributed by atoms with Crippen LogP contribution >= 0.6 is 11.8 Å². The van der Waals surface area contributed by atoms with Gasteiger partial charge in [0.15, 0.2) is 5.17 Å². The van der Waals surface area contributed by atoms with Crippen LogP contribution < -0.4 is 4.74 Å². The van der Waals surface area contributed by atoms with Crippen molar-refractivity contribution in [3.05, 3.63) is 64.6 Å². The molecule has 1 heterocycles. The van der Waals surface area contributed by atoms with Crippen molar-refractivity contribution in [1.82, 2.24) is 4.90 Å². The average molecular weight is 396 g/mol. The van der Waals surface area contributed by atoms with E-state index >= 15 is 0 Å². The Hall–Kier alpha value is -3.06. The van der Waals surface area contributed by atoms with Gasteiger partial charge < -0.3 is 9.84 Å². The van der Waals surface area contributed by atoms with E-state index in [4.69, 9.17) is 9.84 Å². The Morgan fingerprint density at radius 2 is 1.82 bits per heavy atom. The molecule has 2 aromatic carbocycles. The van der Waals surface area contributed by atoms with Crippen LogP contribution in [0.2, 0.25) is 0 Å². The van der Waals surface area contributed by atoms with Gasteiger partial charge in [-0.3, -0.25) is 9.69 Å². The lowest BCUT2D eigenvalue weighted by Crippen LogP contribution is -2.28. The lowest BCUT2D eigenvalue weighted by Gasteiger charge is -2.12. The molecule has 0 saturated carbocycles. The topological polar surface area (TPSA) is 79.2 Å². The van der Waals surface area contributed by atoms with E-state index in [1.807, 2.05) is 44.2 Å². The number of amidine groups is 1. The summed E-state index contributed by atoms with van der Waals surface area (Å²) in [6.45, 7) is 4.92. The first-order valence-electron chi connectivity index (χ1n) is 8.88. The molecule has 0 aromatic heterocycles. The molecule has 1 N–H and O–H groups in total. The largest absolute Gasteiger partial charge is 0.494 e. The zero-order chi connectivity index (χ0) is 20.1. The van der Waals surface area contributed by atoms with Crippen LogP contribution in [0.1, 0.15) is 29.8 Å². The van der Waals surface area contributed by atoms with Crippen LogP contribution in [-0.4, -0.2) is 40.2 Å². The number of carbonyl (C=O) groups excluding carboxylic acids is 1. The number of aromatic carboxylic acids is 1. The zero-order valence-electron chi connectivity index (χ0n) is 15.6. The van der Waals surface area contributed by atoms with Gasteiger partial charge in [0.25, 0.3) is 5.91 Å². The number of nitrogens with zero attached hydrogens (tertiary/aromatic N) is 2. The van der Waals surface area contributed by atoms with E-state index in [2.05, 4.69) is 4.99 Å². The van der Waals surface area contributed by atoms with Gasteiger partial charge in [0.2, 0.25) is 0 Å². The van der Waals surface area contributed by atoms with Crippen LogP contribution in [0.4, 0.5) is 5.69 Å². The summed E-state index contributed by atoms with van der Waals surface area (Å²) in [5.41, 5.74) is 1.70. The molecule has 144 valence electrons. The summed E-state index contributed by atoms with van der Waals surface area (Å²) in [6, 6.07) is 13.8. The van der Waals surface area contributed by atoms with Crippen molar-refractivity contribution in [2.24, 2.45) is 4.99 Å². The van der Waals surface area contributed by atoms with Crippen molar-refractivity contribution < 1.29 is 19.4 Å². The zero-order valence-corrected chi connectivity index (χ0v) is 16.4. The number of carboxylic acid groups (broad SMARTS) is 1. The number of hydrogen-bond acceptors (Lipinski definition) is 5. The first-order chi connectivity index (χ1) is 13.5. The highest BCUT2D eigenvalue weighted by molar-refractivity contribution is 8.18. The molecule has 1 aliphatic rings. The number of hydrogen-bond donors (Lipinski definition) is 1. The number of likely N-dealkylation sites (N-methyl/N-ethyl adjacent to an activating group) is 1. The Balaban J connectivity index is 1.84. The minimum Gasteiger partial charge on any atom is -0.494 e. The van der Waals surface area contributed by atoms with Gasteiger partial charge in [-0.25, -0.2) is 9.79 Å². The second-order valence-electron chi connectivity index (χ2n) is 5.91. The fraction of sp³-hybridized carbons (Fsp3) is 0.190. The van der Waals surface area contributed by atoms with Gasteiger partial charge in [-0.05, 0) is 73.6 Å². The minimum atomic E-state index is -0.986. The third-order valence-corrected chi connectivity index (χ3v) is 5.04. The fourth-order valence-electron chi connectivity index (χ4n) is 2.64. The second kappa shape index (κ2) is 8.75. The summed E-state index contributed by atoms with van der Waals surface area (Å²) in [7, 11) is 0. The number of carbonyl (C=O) groups is 2. The number of ether oxygens (including phenoxy) is 1. The summed E-state index contributed by atoms with van der Waals surface area (Å²) < 4.78 is 5.44. The summed E-state index contributed by atoms with van der Waals surface area (Å²) in [6.07, 6.45) is 1.83. The number of rotatable bonds is 6. The first kappa shape index (κ1) is 19.7. The van der Waals surface area contributed by atoms with Gasteiger partial charge in [-0.1, -0.05) is 12.1 Å². The smallest absolute Gasteiger partial charge is 0.335 e. The molecule has 0 spiro atoms. The molecule has 0 unspecified atom stereocenters. The molecule has 1 fully saturated rings. The predicted octanol–water partition coefficient (Wildman–Crippen LogP) is 4.41. The van der Waals surface area contributed by atoms with Gasteiger partial charge in [0, 0.05) is 6.54 Å². The highest BCUT2D eigenvalue weighted by Gasteiger charge is 2.32. The molecule has 0 aliphatic carbocycles. The Kier molecular flexibility index (Phi) is 6.16. The molecule has 0 radical (unpaired) electrons. The van der Waals surface area contributed by atoms with Crippen molar-refractivity contribution in [2.45, 2.75) is 13.8 Å². The Labute approximate surface area is 167 Å². The first-order valence-corrected chi connectivity index (χ1v) is 9.69. The van der Waals surface area contributed by atoms with Crippen LogP contribution in [0.3, 0.4) is 0 Å². The van der Waals surface area contributed by atoms with Crippen molar-refractivity contribution >= 4 is 40.6 Å². The SMILES string of the molecule is CCOc1ccc(/C=C2/SC(=Nc3ccc(C(=O)O)cc3)N(CC)C2=O)cc1. The van der Waals surface area contributed by atoms with E-state index in [1.54, 1.807) is 17.0 Å². The molecule has 7 heteroatoms. The summed E-state index contributed by atoms with van der Waals surface area (Å²) in [5.74, 6) is -0.292. The van der Waals surface area contributed by atoms with Gasteiger partial charge in [-0.2, -0.15) is 0 Å². The van der Waals surface area contributed by atoms with Gasteiger partial charge in [0.1, 0.15) is 5.75 Å². The van der Waals surface area contributed by atoms with E-state index < -0.39 is 5.97 Å². The van der Waals surface area contributed by atoms with Crippen LogP contribution in [0, 0.1) is 0 Å². The van der Waals surface area contributed by atoms with Crippen LogP contribution in [-0.2, 0) is 4.79 Å². The third-order valence-electron chi connectivity index (χ3n) is 4.03. The Morgan fingerprint density at radius 3 is 2.39 bits per heavy atom. The van der Waals surface area contributed by atoms with Crippen molar-refractivity contribution in [3.63, 3.8) is 0 Å². The third kappa shape index (κ3) is 4.43. The summed E-state index contributed by atoms with van der Waals surface area (Å²) in [5, 5.41) is 9.57. The van der Waals surface area contributed by atoms with E-state index in [0.717, 1.165) is 11.3 Å². The Morgan fingerprint density at radius 1 is 1.14 bits per heavy atom. The monoisotopic (exact) mass is 396 g/mol. The minimum absolute atomic E-state index is 0.0951. The van der Waals surface area contributed by atoms with Crippen molar-refractivity contribution in [3.8, 4) is 5.75 Å². The fourth-order valence-corrected chi connectivity index (χ4v) is 3.70. The molecule has 1 saturated heterocycles. The van der Waals surface area contributed by atoms with Gasteiger partial charge >= 0.3 is 5.97 Å². The number of carboxylic acids is 1. The molecule has 0 bridgehead atoms. The number of amides is 1. The number of aliphatic imine (C=N–C) groups is 1. The van der Waals surface area contributed by atoms with Crippen molar-refractivity contribution in [1.29, 1.82) is 0 Å². The summed E-state index contributed by atoms with van der Waals surface area (Å²) in [4.78, 5) is 30.4. The standard InChI is InChI=1S/C21H20N2O4S/c1-3-23-19(24)18(13-14-5-11-17(12-6-14)27-4-2)28-21(23)22-16-9-7-15(8-10-16)20(25)26/h5-13H,3-4H2,1-2H3,(H,25,26)/b18-13+,22-21?. The molecule has 0 atom stereocenters. The maximum Gasteiger partial charge on any atom is 0.335 e. The van der Waals surface area contributed by atoms with Gasteiger partial charge in [0.05, 0.1) is 22.8 Å². The maximum absolute atomic E-state index is 12.7. The van der Waals surface area contributed by atoms with Crippen LogP contribution in [0.5, 0.6) is 5.75 Å². The predicted molar refractivity (Wildman–Crippen MR) is 111 cm³/mol. The van der Waals surface area contributed by atoms with E-state index in [1.165, 1.54) is 23.9 Å². The molecule has 3 rings (SSSR count). The highest BCUT2D eigenvalue weighted by atomic mass is 32.2. The summed E-state index contributed by atoms with van der Waals surface area (Å²) >= 11 is 1.31. The van der Waals surface area contributed by atoms with E-state index in [0.29, 0.717) is 28.9 Å². The quantitative estimate of drug-likeness (QED) is 0.732. The maximum atomic E-state index is 12.7. The molecular formula is C21H20N2O4S. The molecule has 6 nitrogen and oxygen atoms in total. The normalized spacial score (nSPS) is 16.8. The lowest BCUT2D eigenvalue weighted by atomic mass is 10.2. The number of thioether (sulfide) groups is 1. The second-order valence-corrected chi connectivity index (χ2v) is 6.92. The van der Waals surface area contributed by atoms with E-state index in [9.17, 15) is 9.59 Å². The Bertz CT molecular complexity index is 934. The average Bonchev–Trinajstić information content (AvgIpc) is 2.98. The van der Waals surface area contributed by atoms with Crippen LogP contribution in [0.25, 0.3) is 6.08 Å². The van der Waals surface area contributed by atoms with E-state index in [-0.39, 0.29) is 11.5 Å². The molecule has 1 aliphatic heterocycles. The molecule has 1 amide bonds. The highest BCUT2D eigenvalue weighted by Crippen LogP contribution is 2.34. The lowest BCUT2D eigenvalue weighted by molar-refractivity contribution is -0.122. The molecule has 28 heavy (non-hydrogen) atoms. The van der Waals surface area contributed by atoms with Gasteiger partial charge in [-0.15, -0.1) is 0 Å².